The van der Waals surface area contributed by atoms with Gasteiger partial charge in [0.1, 0.15) is 17.6 Å². The Morgan fingerprint density at radius 3 is 2.72 bits per heavy atom. The number of nitrogens with zero attached hydrogens (tertiary/aromatic N) is 2. The molecule has 0 fully saturated rings. The Bertz CT molecular complexity index is 1050. The number of aromatic hydroxyl groups is 1. The third-order valence-corrected chi connectivity index (χ3v) is 5.07. The molecule has 1 aromatic carbocycles. The highest BCUT2D eigenvalue weighted by Gasteiger charge is 2.36. The standard InChI is InChI=1S/C19H19ClFN3O5/c1-9(2)24-13(25)8-23-7-11(16(26)17(27)15(23)19(24)29)18(28)22-6-10-4-3-5-12(21)14(10)20/h3-5,7,9,13,25,27H,6,8H2,1-2H3,(H,22,28). The number of aliphatic hydroxyl groups is 1. The lowest BCUT2D eigenvalue weighted by Crippen LogP contribution is -2.52. The van der Waals surface area contributed by atoms with Gasteiger partial charge in [-0.25, -0.2) is 4.39 Å². The molecule has 8 nitrogen and oxygen atoms in total. The molecule has 1 aliphatic heterocycles. The van der Waals surface area contributed by atoms with E-state index < -0.39 is 40.6 Å². The van der Waals surface area contributed by atoms with Crippen LogP contribution in [0.25, 0.3) is 0 Å². The van der Waals surface area contributed by atoms with Crippen molar-refractivity contribution in [2.45, 2.75) is 39.2 Å². The summed E-state index contributed by atoms with van der Waals surface area (Å²) in [5.41, 5.74) is -1.43. The highest BCUT2D eigenvalue weighted by Crippen LogP contribution is 2.24. The van der Waals surface area contributed by atoms with Crippen molar-refractivity contribution in [2.75, 3.05) is 0 Å². The fraction of sp³-hybridized carbons (Fsp3) is 0.316. The number of halogens is 2. The second kappa shape index (κ2) is 7.84. The lowest BCUT2D eigenvalue weighted by atomic mass is 10.1. The molecule has 0 saturated heterocycles. The van der Waals surface area contributed by atoms with Crippen molar-refractivity contribution in [3.63, 3.8) is 0 Å². The zero-order chi connectivity index (χ0) is 21.5. The largest absolute Gasteiger partial charge is 0.503 e. The molecule has 2 aromatic rings. The second-order valence-corrected chi connectivity index (χ2v) is 7.28. The number of hydrogen-bond donors (Lipinski definition) is 3. The van der Waals surface area contributed by atoms with E-state index in [9.17, 15) is 29.0 Å². The molecule has 0 aliphatic carbocycles. The Labute approximate surface area is 170 Å². The van der Waals surface area contributed by atoms with Crippen molar-refractivity contribution in [3.05, 3.63) is 62.3 Å². The molecule has 2 amide bonds. The fourth-order valence-electron chi connectivity index (χ4n) is 3.24. The predicted octanol–water partition coefficient (Wildman–Crippen LogP) is 1.46. The van der Waals surface area contributed by atoms with Gasteiger partial charge in [-0.15, -0.1) is 0 Å². The van der Waals surface area contributed by atoms with Gasteiger partial charge in [0.2, 0.25) is 5.43 Å². The molecule has 1 atom stereocenters. The van der Waals surface area contributed by atoms with E-state index in [2.05, 4.69) is 5.32 Å². The number of hydrogen-bond acceptors (Lipinski definition) is 5. The summed E-state index contributed by atoms with van der Waals surface area (Å²) in [6.07, 6.45) is -0.0717. The maximum Gasteiger partial charge on any atom is 0.276 e. The van der Waals surface area contributed by atoms with Crippen molar-refractivity contribution in [3.8, 4) is 5.75 Å². The summed E-state index contributed by atoms with van der Waals surface area (Å²) in [6, 6.07) is 3.75. The van der Waals surface area contributed by atoms with Gasteiger partial charge in [0.25, 0.3) is 11.8 Å². The van der Waals surface area contributed by atoms with Crippen LogP contribution in [0.4, 0.5) is 4.39 Å². The van der Waals surface area contributed by atoms with Crippen LogP contribution in [-0.4, -0.2) is 43.8 Å². The topological polar surface area (TPSA) is 112 Å². The molecule has 0 radical (unpaired) electrons. The first-order valence-electron chi connectivity index (χ1n) is 8.81. The highest BCUT2D eigenvalue weighted by atomic mass is 35.5. The lowest BCUT2D eigenvalue weighted by Gasteiger charge is -2.37. The van der Waals surface area contributed by atoms with Crippen LogP contribution in [-0.2, 0) is 13.1 Å². The molecular weight excluding hydrogens is 405 g/mol. The Balaban J connectivity index is 1.92. The van der Waals surface area contributed by atoms with Gasteiger partial charge in [-0.05, 0) is 25.5 Å². The summed E-state index contributed by atoms with van der Waals surface area (Å²) < 4.78 is 14.7. The number of fused-ring (bicyclic) bond motifs is 1. The average Bonchev–Trinajstić information content (AvgIpc) is 2.64. The molecule has 0 spiro atoms. The Morgan fingerprint density at radius 2 is 2.07 bits per heavy atom. The van der Waals surface area contributed by atoms with Gasteiger partial charge in [0.05, 0.1) is 11.6 Å². The smallest absolute Gasteiger partial charge is 0.276 e. The summed E-state index contributed by atoms with van der Waals surface area (Å²) in [6.45, 7) is 3.10. The van der Waals surface area contributed by atoms with E-state index in [4.69, 9.17) is 11.6 Å². The minimum Gasteiger partial charge on any atom is -0.503 e. The number of rotatable bonds is 4. The number of nitrogens with one attached hydrogen (secondary N) is 1. The summed E-state index contributed by atoms with van der Waals surface area (Å²) in [4.78, 5) is 38.7. The number of amides is 2. The predicted molar refractivity (Wildman–Crippen MR) is 102 cm³/mol. The van der Waals surface area contributed by atoms with E-state index >= 15 is 0 Å². The van der Waals surface area contributed by atoms with E-state index in [-0.39, 0.29) is 29.8 Å². The third kappa shape index (κ3) is 3.70. The zero-order valence-electron chi connectivity index (χ0n) is 15.6. The summed E-state index contributed by atoms with van der Waals surface area (Å²) >= 11 is 5.84. The van der Waals surface area contributed by atoms with Crippen molar-refractivity contribution in [1.29, 1.82) is 0 Å². The SMILES string of the molecule is CC(C)N1C(=O)c2c(O)c(=O)c(C(=O)NCc3cccc(F)c3Cl)cn2CC1O. The van der Waals surface area contributed by atoms with Crippen LogP contribution in [0.5, 0.6) is 5.75 Å². The second-order valence-electron chi connectivity index (χ2n) is 6.90. The van der Waals surface area contributed by atoms with E-state index in [0.29, 0.717) is 5.56 Å². The molecule has 154 valence electrons. The van der Waals surface area contributed by atoms with Crippen molar-refractivity contribution >= 4 is 23.4 Å². The van der Waals surface area contributed by atoms with Crippen LogP contribution in [0.1, 0.15) is 40.3 Å². The molecule has 3 rings (SSSR count). The van der Waals surface area contributed by atoms with Gasteiger partial charge >= 0.3 is 0 Å². The Morgan fingerprint density at radius 1 is 1.38 bits per heavy atom. The highest BCUT2D eigenvalue weighted by molar-refractivity contribution is 6.31. The molecule has 1 unspecified atom stereocenters. The van der Waals surface area contributed by atoms with Crippen LogP contribution in [0, 0.1) is 5.82 Å². The number of carbonyl (C=O) groups is 2. The quantitative estimate of drug-likeness (QED) is 0.689. The van der Waals surface area contributed by atoms with E-state index in [1.54, 1.807) is 13.8 Å². The monoisotopic (exact) mass is 423 g/mol. The number of benzene rings is 1. The summed E-state index contributed by atoms with van der Waals surface area (Å²) in [5.74, 6) is -3.07. The molecule has 0 bridgehead atoms. The summed E-state index contributed by atoms with van der Waals surface area (Å²) in [7, 11) is 0. The van der Waals surface area contributed by atoms with Crippen LogP contribution in [0.2, 0.25) is 5.02 Å². The molecule has 10 heteroatoms. The van der Waals surface area contributed by atoms with Gasteiger partial charge in [-0.1, -0.05) is 23.7 Å². The van der Waals surface area contributed by atoms with Gasteiger partial charge in [-0.2, -0.15) is 0 Å². The van der Waals surface area contributed by atoms with Crippen LogP contribution in [0.3, 0.4) is 0 Å². The minimum absolute atomic E-state index is 0.122. The number of carbonyl (C=O) groups excluding carboxylic acids is 2. The third-order valence-electron chi connectivity index (χ3n) is 4.65. The number of aliphatic hydroxyl groups excluding tert-OH is 1. The molecule has 29 heavy (non-hydrogen) atoms. The zero-order valence-corrected chi connectivity index (χ0v) is 16.4. The van der Waals surface area contributed by atoms with Crippen molar-refractivity contribution in [2.24, 2.45) is 0 Å². The van der Waals surface area contributed by atoms with E-state index in [1.165, 1.54) is 22.8 Å². The first-order chi connectivity index (χ1) is 13.6. The number of pyridine rings is 1. The first kappa shape index (κ1) is 20.8. The Hall–Kier alpha value is -2.91. The van der Waals surface area contributed by atoms with Gasteiger partial charge in [0, 0.05) is 18.8 Å². The molecule has 1 aromatic heterocycles. The van der Waals surface area contributed by atoms with E-state index in [0.717, 1.165) is 11.1 Å². The van der Waals surface area contributed by atoms with Crippen LogP contribution >= 0.6 is 11.6 Å². The average molecular weight is 424 g/mol. The molecule has 0 saturated carbocycles. The minimum atomic E-state index is -1.18. The maximum atomic E-state index is 13.5. The van der Waals surface area contributed by atoms with Crippen LogP contribution < -0.4 is 10.7 Å². The van der Waals surface area contributed by atoms with Crippen LogP contribution in [0.15, 0.2) is 29.2 Å². The van der Waals surface area contributed by atoms with Crippen molar-refractivity contribution < 1.29 is 24.2 Å². The van der Waals surface area contributed by atoms with E-state index in [1.807, 2.05) is 0 Å². The fourth-order valence-corrected chi connectivity index (χ4v) is 3.43. The number of aromatic nitrogens is 1. The summed E-state index contributed by atoms with van der Waals surface area (Å²) in [5, 5.41) is 22.8. The first-order valence-corrected chi connectivity index (χ1v) is 9.19. The Kier molecular flexibility index (Phi) is 5.63. The normalized spacial score (nSPS) is 16.1. The van der Waals surface area contributed by atoms with Gasteiger partial charge in [0.15, 0.2) is 11.4 Å². The molecule has 3 N–H and O–H groups in total. The lowest BCUT2D eigenvalue weighted by molar-refractivity contribution is -0.0255. The van der Waals surface area contributed by atoms with Gasteiger partial charge < -0.3 is 25.0 Å². The van der Waals surface area contributed by atoms with Crippen molar-refractivity contribution in [1.82, 2.24) is 14.8 Å². The van der Waals surface area contributed by atoms with Gasteiger partial charge in [-0.3, -0.25) is 14.4 Å². The maximum absolute atomic E-state index is 13.5. The molecule has 2 heterocycles. The molecule has 1 aliphatic rings. The molecular formula is C19H19ClFN3O5.